The van der Waals surface area contributed by atoms with Crippen LogP contribution in [0.1, 0.15) is 5.56 Å². The van der Waals surface area contributed by atoms with Gasteiger partial charge in [-0.15, -0.1) is 0 Å². The predicted molar refractivity (Wildman–Crippen MR) is 78.2 cm³/mol. The molecule has 112 valence electrons. The summed E-state index contributed by atoms with van der Waals surface area (Å²) in [4.78, 5) is 0. The van der Waals surface area contributed by atoms with Crippen molar-refractivity contribution in [1.29, 1.82) is 0 Å². The van der Waals surface area contributed by atoms with Crippen molar-refractivity contribution in [2.24, 2.45) is 0 Å². The number of hydrogen-bond donors (Lipinski definition) is 1. The van der Waals surface area contributed by atoms with Gasteiger partial charge in [0.1, 0.15) is 5.75 Å². The lowest BCUT2D eigenvalue weighted by molar-refractivity contribution is 0.360. The number of ether oxygens (including phenoxy) is 2. The fourth-order valence-corrected chi connectivity index (χ4v) is 2.13. The Balaban J connectivity index is 2.19. The molecule has 0 atom stereocenters. The van der Waals surface area contributed by atoms with E-state index in [4.69, 9.17) is 16.3 Å². The summed E-state index contributed by atoms with van der Waals surface area (Å²) in [7, 11) is 2.75. The lowest BCUT2D eigenvalue weighted by Gasteiger charge is -2.12. The van der Waals surface area contributed by atoms with Gasteiger partial charge < -0.3 is 14.8 Å². The van der Waals surface area contributed by atoms with Crippen LogP contribution in [-0.2, 0) is 6.54 Å². The van der Waals surface area contributed by atoms with Crippen molar-refractivity contribution in [1.82, 2.24) is 0 Å². The zero-order chi connectivity index (χ0) is 15.4. The molecule has 0 spiro atoms. The number of methoxy groups -OCH3 is 2. The molecule has 0 unspecified atom stereocenters. The molecule has 0 aliphatic carbocycles. The maximum atomic E-state index is 13.6. The van der Waals surface area contributed by atoms with Crippen LogP contribution in [0.2, 0.25) is 5.02 Å². The summed E-state index contributed by atoms with van der Waals surface area (Å²) in [6.45, 7) is 0.314. The normalized spacial score (nSPS) is 10.3. The molecule has 21 heavy (non-hydrogen) atoms. The first-order chi connectivity index (χ1) is 10.0. The Morgan fingerprint density at radius 1 is 1.05 bits per heavy atom. The quantitative estimate of drug-likeness (QED) is 0.895. The zero-order valence-electron chi connectivity index (χ0n) is 11.5. The minimum Gasteiger partial charge on any atom is -0.496 e. The van der Waals surface area contributed by atoms with Crippen LogP contribution in [0.4, 0.5) is 14.5 Å². The summed E-state index contributed by atoms with van der Waals surface area (Å²) in [5.41, 5.74) is 1.08. The third kappa shape index (κ3) is 3.55. The topological polar surface area (TPSA) is 30.5 Å². The number of halogens is 3. The van der Waals surface area contributed by atoms with Crippen LogP contribution in [0, 0.1) is 11.6 Å². The van der Waals surface area contributed by atoms with E-state index >= 15 is 0 Å². The first kappa shape index (κ1) is 15.4. The van der Waals surface area contributed by atoms with Crippen LogP contribution in [0.15, 0.2) is 30.3 Å². The highest BCUT2D eigenvalue weighted by Crippen LogP contribution is 2.27. The van der Waals surface area contributed by atoms with Gasteiger partial charge in [0.05, 0.1) is 14.2 Å². The first-order valence-electron chi connectivity index (χ1n) is 6.14. The van der Waals surface area contributed by atoms with Gasteiger partial charge >= 0.3 is 0 Å². The molecule has 0 saturated heterocycles. The van der Waals surface area contributed by atoms with E-state index in [9.17, 15) is 8.78 Å². The maximum absolute atomic E-state index is 13.6. The van der Waals surface area contributed by atoms with E-state index in [0.29, 0.717) is 23.0 Å². The average Bonchev–Trinajstić information content (AvgIpc) is 2.45. The average molecular weight is 314 g/mol. The van der Waals surface area contributed by atoms with Crippen molar-refractivity contribution in [3.63, 3.8) is 0 Å². The molecule has 0 aromatic heterocycles. The molecule has 0 heterocycles. The summed E-state index contributed by atoms with van der Waals surface area (Å²) in [6, 6.07) is 7.49. The smallest absolute Gasteiger partial charge is 0.190 e. The zero-order valence-corrected chi connectivity index (χ0v) is 12.3. The molecule has 2 aromatic carbocycles. The second kappa shape index (κ2) is 6.63. The second-order valence-electron chi connectivity index (χ2n) is 4.28. The van der Waals surface area contributed by atoms with Crippen molar-refractivity contribution in [3.05, 3.63) is 52.6 Å². The number of rotatable bonds is 5. The fourth-order valence-electron chi connectivity index (χ4n) is 1.94. The molecule has 0 aliphatic rings. The first-order valence-corrected chi connectivity index (χ1v) is 6.52. The Bertz CT molecular complexity index is 627. The summed E-state index contributed by atoms with van der Waals surface area (Å²) in [5, 5.41) is 3.48. The third-order valence-corrected chi connectivity index (χ3v) is 3.16. The molecular formula is C15H14ClF2NO2. The lowest BCUT2D eigenvalue weighted by atomic mass is 10.2. The van der Waals surface area contributed by atoms with Crippen LogP contribution < -0.4 is 14.8 Å². The van der Waals surface area contributed by atoms with Crippen LogP contribution in [0.25, 0.3) is 0 Å². The number of nitrogens with one attached hydrogen (secondary N) is 1. The van der Waals surface area contributed by atoms with Crippen molar-refractivity contribution in [3.8, 4) is 11.5 Å². The minimum atomic E-state index is -0.766. The van der Waals surface area contributed by atoms with Gasteiger partial charge in [0.2, 0.25) is 0 Å². The van der Waals surface area contributed by atoms with Crippen LogP contribution in [-0.4, -0.2) is 14.2 Å². The standard InChI is InChI=1S/C15H14ClF2NO2/c1-20-14-4-3-10(16)5-9(14)8-19-11-6-12(17)15(21-2)13(18)7-11/h3-7,19H,8H2,1-2H3. The third-order valence-electron chi connectivity index (χ3n) is 2.93. The highest BCUT2D eigenvalue weighted by atomic mass is 35.5. The van der Waals surface area contributed by atoms with Gasteiger partial charge in [-0.2, -0.15) is 0 Å². The molecule has 2 rings (SSSR count). The Labute approximate surface area is 126 Å². The summed E-state index contributed by atoms with van der Waals surface area (Å²) < 4.78 is 37.0. The van der Waals surface area contributed by atoms with E-state index in [2.05, 4.69) is 10.1 Å². The van der Waals surface area contributed by atoms with Crippen molar-refractivity contribution < 1.29 is 18.3 Å². The van der Waals surface area contributed by atoms with Crippen LogP contribution in [0.5, 0.6) is 11.5 Å². The van der Waals surface area contributed by atoms with Crippen LogP contribution in [0.3, 0.4) is 0 Å². The van der Waals surface area contributed by atoms with Gasteiger partial charge in [0.25, 0.3) is 0 Å². The van der Waals surface area contributed by atoms with Crippen LogP contribution >= 0.6 is 11.6 Å². The summed E-state index contributed by atoms with van der Waals surface area (Å²) in [5.74, 6) is -1.29. The van der Waals surface area contributed by atoms with Gasteiger partial charge in [-0.1, -0.05) is 11.6 Å². The molecule has 2 aromatic rings. The van der Waals surface area contributed by atoms with Gasteiger partial charge in [0.15, 0.2) is 17.4 Å². The molecule has 0 amide bonds. The van der Waals surface area contributed by atoms with Gasteiger partial charge in [-0.3, -0.25) is 0 Å². The highest BCUT2D eigenvalue weighted by molar-refractivity contribution is 6.30. The van der Waals surface area contributed by atoms with Gasteiger partial charge in [-0.05, 0) is 18.2 Å². The highest BCUT2D eigenvalue weighted by Gasteiger charge is 2.12. The van der Waals surface area contributed by atoms with Gasteiger partial charge in [0, 0.05) is 35.0 Å². The molecule has 0 bridgehead atoms. The molecule has 1 N–H and O–H groups in total. The Morgan fingerprint density at radius 2 is 1.71 bits per heavy atom. The SMILES string of the molecule is COc1ccc(Cl)cc1CNc1cc(F)c(OC)c(F)c1. The second-order valence-corrected chi connectivity index (χ2v) is 4.72. The minimum absolute atomic E-state index is 0.299. The van der Waals surface area contributed by atoms with E-state index in [1.807, 2.05) is 0 Å². The van der Waals surface area contributed by atoms with E-state index in [1.165, 1.54) is 19.2 Å². The van der Waals surface area contributed by atoms with E-state index < -0.39 is 17.4 Å². The molecular weight excluding hydrogens is 300 g/mol. The van der Waals surface area contributed by atoms with Gasteiger partial charge in [-0.25, -0.2) is 8.78 Å². The van der Waals surface area contributed by atoms with E-state index in [1.54, 1.807) is 25.3 Å². The van der Waals surface area contributed by atoms with E-state index in [-0.39, 0.29) is 0 Å². The van der Waals surface area contributed by atoms with Crippen molar-refractivity contribution in [2.75, 3.05) is 19.5 Å². The number of hydrogen-bond acceptors (Lipinski definition) is 3. The molecule has 3 nitrogen and oxygen atoms in total. The molecule has 0 radical (unpaired) electrons. The fraction of sp³-hybridized carbons (Fsp3) is 0.200. The Morgan fingerprint density at radius 3 is 2.29 bits per heavy atom. The predicted octanol–water partition coefficient (Wildman–Crippen LogP) is 4.25. The Kier molecular flexibility index (Phi) is 4.85. The monoisotopic (exact) mass is 313 g/mol. The van der Waals surface area contributed by atoms with E-state index in [0.717, 1.165) is 5.56 Å². The number of anilines is 1. The lowest BCUT2D eigenvalue weighted by Crippen LogP contribution is -2.03. The molecule has 0 fully saturated rings. The maximum Gasteiger partial charge on any atom is 0.190 e. The molecule has 6 heteroatoms. The molecule has 0 aliphatic heterocycles. The summed E-state index contributed by atoms with van der Waals surface area (Å²) >= 11 is 5.93. The Hall–Kier alpha value is -2.01. The number of benzene rings is 2. The largest absolute Gasteiger partial charge is 0.496 e. The molecule has 0 saturated carbocycles. The van der Waals surface area contributed by atoms with Crippen molar-refractivity contribution in [2.45, 2.75) is 6.54 Å². The summed E-state index contributed by atoms with van der Waals surface area (Å²) in [6.07, 6.45) is 0. The van der Waals surface area contributed by atoms with Crippen molar-refractivity contribution >= 4 is 17.3 Å².